The molecule has 0 bridgehead atoms. The van der Waals surface area contributed by atoms with Gasteiger partial charge in [-0.3, -0.25) is 14.5 Å². The third-order valence-corrected chi connectivity index (χ3v) is 4.05. The first-order valence-corrected chi connectivity index (χ1v) is 6.89. The van der Waals surface area contributed by atoms with E-state index < -0.39 is 0 Å². The number of hydrogen-bond donors (Lipinski definition) is 1. The maximum atomic E-state index is 12.3. The highest BCUT2D eigenvalue weighted by molar-refractivity contribution is 6.22. The van der Waals surface area contributed by atoms with Crippen LogP contribution >= 0.6 is 0 Å². The van der Waals surface area contributed by atoms with Crippen LogP contribution in [0.4, 0.5) is 5.69 Å². The Morgan fingerprint density at radius 2 is 1.70 bits per heavy atom. The van der Waals surface area contributed by atoms with Crippen LogP contribution in [0.15, 0.2) is 24.3 Å². The number of carbonyl (C=O) groups excluding carboxylic acids is 2. The van der Waals surface area contributed by atoms with Gasteiger partial charge in [-0.15, -0.1) is 0 Å². The average molecular weight is 268 g/mol. The van der Waals surface area contributed by atoms with Crippen LogP contribution in [0.5, 0.6) is 0 Å². The lowest BCUT2D eigenvalue weighted by atomic mass is 10.00. The smallest absolute Gasteiger partial charge is 0.237 e. The summed E-state index contributed by atoms with van der Waals surface area (Å²) in [6.45, 7) is 0.314. The van der Waals surface area contributed by atoms with Crippen LogP contribution in [0.3, 0.4) is 0 Å². The predicted molar refractivity (Wildman–Crippen MR) is 75.7 cm³/mol. The van der Waals surface area contributed by atoms with Crippen molar-refractivity contribution in [3.63, 3.8) is 0 Å². The molecule has 2 atom stereocenters. The summed E-state index contributed by atoms with van der Waals surface area (Å²) in [4.78, 5) is 26.0. The van der Waals surface area contributed by atoms with Crippen LogP contribution in [0.25, 0.3) is 0 Å². The molecule has 2 amide bonds. The molecule has 2 fully saturated rings. The minimum absolute atomic E-state index is 0.0432. The summed E-state index contributed by atoms with van der Waals surface area (Å²) in [5.41, 5.74) is 6.80. The van der Waals surface area contributed by atoms with Crippen molar-refractivity contribution in [1.29, 1.82) is 0 Å². The molecular formula is C16H16N2O2. The number of rotatable bonds is 1. The molecule has 0 spiro atoms. The van der Waals surface area contributed by atoms with E-state index in [-0.39, 0.29) is 23.7 Å². The third kappa shape index (κ3) is 2.00. The van der Waals surface area contributed by atoms with Crippen LogP contribution in [0, 0.1) is 23.7 Å². The number of fused-ring (bicyclic) bond motifs is 1. The normalized spacial score (nSPS) is 24.6. The van der Waals surface area contributed by atoms with Crippen molar-refractivity contribution < 1.29 is 9.59 Å². The van der Waals surface area contributed by atoms with Crippen LogP contribution < -0.4 is 10.6 Å². The first kappa shape index (κ1) is 12.9. The van der Waals surface area contributed by atoms with Crippen LogP contribution in [0.1, 0.15) is 24.8 Å². The van der Waals surface area contributed by atoms with E-state index in [0.29, 0.717) is 12.2 Å². The second kappa shape index (κ2) is 5.10. The molecule has 102 valence electrons. The third-order valence-electron chi connectivity index (χ3n) is 4.05. The Morgan fingerprint density at radius 1 is 1.10 bits per heavy atom. The fourth-order valence-corrected chi connectivity index (χ4v) is 3.09. The van der Waals surface area contributed by atoms with Crippen molar-refractivity contribution in [2.24, 2.45) is 17.6 Å². The van der Waals surface area contributed by atoms with Crippen molar-refractivity contribution in [2.45, 2.75) is 19.3 Å². The van der Waals surface area contributed by atoms with Gasteiger partial charge in [-0.2, -0.15) is 0 Å². The molecule has 4 nitrogen and oxygen atoms in total. The lowest BCUT2D eigenvalue weighted by Gasteiger charge is -2.15. The second-order valence-electron chi connectivity index (χ2n) is 5.21. The molecule has 0 aromatic heterocycles. The molecule has 0 radical (unpaired) electrons. The summed E-state index contributed by atoms with van der Waals surface area (Å²) < 4.78 is 0. The first-order chi connectivity index (χ1) is 9.72. The van der Waals surface area contributed by atoms with E-state index in [2.05, 4.69) is 11.8 Å². The summed E-state index contributed by atoms with van der Waals surface area (Å²) in [6, 6.07) is 7.17. The summed E-state index contributed by atoms with van der Waals surface area (Å²) in [5.74, 6) is 5.41. The number of anilines is 1. The molecule has 2 aliphatic rings. The molecule has 20 heavy (non-hydrogen) atoms. The number of nitrogens with zero attached hydrogens (tertiary/aromatic N) is 1. The zero-order chi connectivity index (χ0) is 14.1. The monoisotopic (exact) mass is 268 g/mol. The lowest BCUT2D eigenvalue weighted by molar-refractivity contribution is -0.122. The Kier molecular flexibility index (Phi) is 3.29. The fraction of sp³-hybridized carbons (Fsp3) is 0.375. The molecule has 1 aromatic carbocycles. The Hall–Kier alpha value is -2.12. The van der Waals surface area contributed by atoms with E-state index in [4.69, 9.17) is 5.73 Å². The average Bonchev–Trinajstić information content (AvgIpc) is 3.03. The molecule has 1 aliphatic heterocycles. The van der Waals surface area contributed by atoms with Gasteiger partial charge in [0.2, 0.25) is 11.8 Å². The minimum atomic E-state index is -0.0980. The highest BCUT2D eigenvalue weighted by atomic mass is 16.2. The predicted octanol–water partition coefficient (Wildman–Crippen LogP) is 1.29. The van der Waals surface area contributed by atoms with Gasteiger partial charge in [-0.1, -0.05) is 18.3 Å². The van der Waals surface area contributed by atoms with Crippen LogP contribution in [-0.4, -0.2) is 18.4 Å². The fourth-order valence-electron chi connectivity index (χ4n) is 3.09. The van der Waals surface area contributed by atoms with Crippen molar-refractivity contribution >= 4 is 17.5 Å². The second-order valence-corrected chi connectivity index (χ2v) is 5.21. The van der Waals surface area contributed by atoms with E-state index >= 15 is 0 Å². The number of carbonyl (C=O) groups is 2. The summed E-state index contributed by atoms with van der Waals surface area (Å²) in [6.07, 6.45) is 2.66. The van der Waals surface area contributed by atoms with Gasteiger partial charge in [0.15, 0.2) is 0 Å². The maximum Gasteiger partial charge on any atom is 0.237 e. The molecule has 1 heterocycles. The van der Waals surface area contributed by atoms with E-state index in [9.17, 15) is 9.59 Å². The molecule has 2 unspecified atom stereocenters. The van der Waals surface area contributed by atoms with Crippen molar-refractivity contribution in [3.8, 4) is 11.8 Å². The van der Waals surface area contributed by atoms with Gasteiger partial charge in [0.05, 0.1) is 24.1 Å². The lowest BCUT2D eigenvalue weighted by Crippen LogP contribution is -2.31. The van der Waals surface area contributed by atoms with E-state index in [1.807, 2.05) is 12.1 Å². The van der Waals surface area contributed by atoms with Gasteiger partial charge in [-0.25, -0.2) is 0 Å². The molecule has 1 saturated carbocycles. The van der Waals surface area contributed by atoms with Crippen molar-refractivity contribution in [1.82, 2.24) is 0 Å². The molecule has 1 aromatic rings. The van der Waals surface area contributed by atoms with Crippen molar-refractivity contribution in [3.05, 3.63) is 29.8 Å². The molecule has 2 N–H and O–H groups in total. The molecule has 3 rings (SSSR count). The highest BCUT2D eigenvalue weighted by Crippen LogP contribution is 2.41. The van der Waals surface area contributed by atoms with E-state index in [0.717, 1.165) is 24.8 Å². The Labute approximate surface area is 117 Å². The summed E-state index contributed by atoms with van der Waals surface area (Å²) >= 11 is 0. The number of benzene rings is 1. The maximum absolute atomic E-state index is 12.3. The van der Waals surface area contributed by atoms with E-state index in [1.165, 1.54) is 4.90 Å². The topological polar surface area (TPSA) is 63.4 Å². The number of amides is 2. The zero-order valence-corrected chi connectivity index (χ0v) is 11.1. The zero-order valence-electron chi connectivity index (χ0n) is 11.1. The van der Waals surface area contributed by atoms with Crippen LogP contribution in [0.2, 0.25) is 0 Å². The van der Waals surface area contributed by atoms with E-state index in [1.54, 1.807) is 12.1 Å². The van der Waals surface area contributed by atoms with Gasteiger partial charge in [-0.05, 0) is 37.1 Å². The summed E-state index contributed by atoms with van der Waals surface area (Å²) in [5, 5.41) is 0. The SMILES string of the molecule is NCC#Cc1ccc(N2C(=O)C3CCCC3C2=O)cc1. The molecule has 4 heteroatoms. The highest BCUT2D eigenvalue weighted by Gasteiger charge is 2.50. The number of nitrogens with two attached hydrogens (primary N) is 1. The Morgan fingerprint density at radius 3 is 2.25 bits per heavy atom. The standard InChI is InChI=1S/C16H16N2O2/c17-10-2-3-11-6-8-12(9-7-11)18-15(19)13-4-1-5-14(13)16(18)20/h6-9,13-14H,1,4-5,10,17H2. The number of hydrogen-bond acceptors (Lipinski definition) is 3. The Balaban J connectivity index is 1.86. The van der Waals surface area contributed by atoms with Gasteiger partial charge in [0.25, 0.3) is 0 Å². The van der Waals surface area contributed by atoms with Gasteiger partial charge >= 0.3 is 0 Å². The van der Waals surface area contributed by atoms with Gasteiger partial charge < -0.3 is 5.73 Å². The largest absolute Gasteiger partial charge is 0.320 e. The van der Waals surface area contributed by atoms with Crippen LogP contribution in [-0.2, 0) is 9.59 Å². The molecular weight excluding hydrogens is 252 g/mol. The van der Waals surface area contributed by atoms with Gasteiger partial charge in [0, 0.05) is 5.56 Å². The molecule has 1 saturated heterocycles. The quantitative estimate of drug-likeness (QED) is 0.616. The van der Waals surface area contributed by atoms with Gasteiger partial charge in [0.1, 0.15) is 0 Å². The minimum Gasteiger partial charge on any atom is -0.320 e. The van der Waals surface area contributed by atoms with Crippen molar-refractivity contribution in [2.75, 3.05) is 11.4 Å². The number of imide groups is 1. The first-order valence-electron chi connectivity index (χ1n) is 6.89. The Bertz CT molecular complexity index is 588. The molecule has 1 aliphatic carbocycles. The summed E-state index contributed by atoms with van der Waals surface area (Å²) in [7, 11) is 0.